The summed E-state index contributed by atoms with van der Waals surface area (Å²) in [6.45, 7) is 9.23. The fraction of sp³-hybridized carbons (Fsp3) is 0.458. The number of aliphatic hydroxyl groups excluding tert-OH is 1. The molecule has 1 amide bonds. The summed E-state index contributed by atoms with van der Waals surface area (Å²) in [6.07, 6.45) is 2.00. The van der Waals surface area contributed by atoms with E-state index < -0.39 is 15.3 Å². The van der Waals surface area contributed by atoms with E-state index in [1.54, 1.807) is 0 Å². The summed E-state index contributed by atoms with van der Waals surface area (Å²) in [5.74, 6) is 0.481. The SMILES string of the molecule is C[SiH](OCc1c(Br)cccc1N1C(=O)c2ccc(C3CC3)cc2CC1O)C(C)(C)C. The van der Waals surface area contributed by atoms with Crippen LogP contribution in [-0.4, -0.2) is 26.3 Å². The molecule has 1 heterocycles. The molecule has 160 valence electrons. The molecule has 1 aliphatic carbocycles. The lowest BCUT2D eigenvalue weighted by molar-refractivity contribution is 0.0859. The van der Waals surface area contributed by atoms with E-state index in [0.29, 0.717) is 30.2 Å². The molecule has 1 fully saturated rings. The fourth-order valence-corrected chi connectivity index (χ4v) is 5.25. The van der Waals surface area contributed by atoms with Crippen LogP contribution in [0.2, 0.25) is 11.6 Å². The van der Waals surface area contributed by atoms with Gasteiger partial charge in [-0.25, -0.2) is 0 Å². The standard InChI is InChI=1S/C24H30BrNO3Si/c1-24(2,3)30(4)29-14-19-20(25)6-5-7-21(19)26-22(27)13-17-12-16(15-8-9-15)10-11-18(17)23(26)28/h5-7,10-12,15,22,27,30H,8-9,13-14H2,1-4H3. The molecule has 1 saturated carbocycles. The van der Waals surface area contributed by atoms with E-state index in [1.807, 2.05) is 24.3 Å². The first kappa shape index (κ1) is 21.7. The number of anilines is 1. The Balaban J connectivity index is 1.65. The minimum Gasteiger partial charge on any atom is -0.415 e. The number of carbonyl (C=O) groups excluding carboxylic acids is 1. The third-order valence-electron chi connectivity index (χ3n) is 6.38. The Bertz CT molecular complexity index is 967. The molecule has 0 saturated heterocycles. The lowest BCUT2D eigenvalue weighted by Crippen LogP contribution is -2.46. The van der Waals surface area contributed by atoms with Gasteiger partial charge in [-0.2, -0.15) is 0 Å². The van der Waals surface area contributed by atoms with Gasteiger partial charge in [-0.05, 0) is 59.7 Å². The first-order valence-corrected chi connectivity index (χ1v) is 13.7. The van der Waals surface area contributed by atoms with Gasteiger partial charge >= 0.3 is 0 Å². The zero-order valence-corrected chi connectivity index (χ0v) is 20.9. The molecular weight excluding hydrogens is 458 g/mol. The molecule has 6 heteroatoms. The van der Waals surface area contributed by atoms with Gasteiger partial charge in [0.25, 0.3) is 5.91 Å². The largest absolute Gasteiger partial charge is 0.415 e. The van der Waals surface area contributed by atoms with Crippen molar-refractivity contribution in [2.24, 2.45) is 0 Å². The summed E-state index contributed by atoms with van der Waals surface area (Å²) in [6, 6.07) is 11.9. The zero-order valence-electron chi connectivity index (χ0n) is 18.1. The molecule has 2 aliphatic rings. The van der Waals surface area contributed by atoms with Gasteiger partial charge in [-0.3, -0.25) is 9.69 Å². The van der Waals surface area contributed by atoms with Gasteiger partial charge in [0.1, 0.15) is 6.23 Å². The van der Waals surface area contributed by atoms with Crippen LogP contribution in [0.4, 0.5) is 5.69 Å². The number of rotatable bonds is 5. The maximum absolute atomic E-state index is 13.4. The van der Waals surface area contributed by atoms with Gasteiger partial charge in [0, 0.05) is 22.0 Å². The lowest BCUT2D eigenvalue weighted by atomic mass is 9.93. The van der Waals surface area contributed by atoms with Crippen LogP contribution in [0.15, 0.2) is 40.9 Å². The smallest absolute Gasteiger partial charge is 0.260 e. The van der Waals surface area contributed by atoms with Gasteiger partial charge in [0.05, 0.1) is 12.3 Å². The number of benzene rings is 2. The highest BCUT2D eigenvalue weighted by molar-refractivity contribution is 9.10. The molecule has 4 rings (SSSR count). The van der Waals surface area contributed by atoms with E-state index in [-0.39, 0.29) is 10.9 Å². The second-order valence-electron chi connectivity index (χ2n) is 9.61. The second-order valence-corrected chi connectivity index (χ2v) is 13.8. The predicted octanol–water partition coefficient (Wildman–Crippen LogP) is 5.52. The number of amides is 1. The summed E-state index contributed by atoms with van der Waals surface area (Å²) in [4.78, 5) is 14.9. The van der Waals surface area contributed by atoms with E-state index in [9.17, 15) is 9.90 Å². The monoisotopic (exact) mass is 487 g/mol. The average molecular weight is 488 g/mol. The van der Waals surface area contributed by atoms with Crippen LogP contribution in [-0.2, 0) is 17.5 Å². The van der Waals surface area contributed by atoms with E-state index >= 15 is 0 Å². The molecule has 2 unspecified atom stereocenters. The molecule has 2 aromatic rings. The number of carbonyl (C=O) groups is 1. The Hall–Kier alpha value is -1.47. The lowest BCUT2D eigenvalue weighted by Gasteiger charge is -2.35. The van der Waals surface area contributed by atoms with Crippen LogP contribution < -0.4 is 4.90 Å². The van der Waals surface area contributed by atoms with Gasteiger partial charge in [0.15, 0.2) is 9.04 Å². The first-order chi connectivity index (χ1) is 14.2. The number of nitrogens with zero attached hydrogens (tertiary/aromatic N) is 1. The van der Waals surface area contributed by atoms with Crippen molar-refractivity contribution in [3.63, 3.8) is 0 Å². The minimum absolute atomic E-state index is 0.147. The Kier molecular flexibility index (Phi) is 5.96. The number of aliphatic hydroxyl groups is 1. The van der Waals surface area contributed by atoms with E-state index in [4.69, 9.17) is 4.43 Å². The van der Waals surface area contributed by atoms with Gasteiger partial charge < -0.3 is 9.53 Å². The highest BCUT2D eigenvalue weighted by Crippen LogP contribution is 2.42. The maximum atomic E-state index is 13.4. The van der Waals surface area contributed by atoms with Gasteiger partial charge in [0.2, 0.25) is 0 Å². The Labute approximate surface area is 189 Å². The highest BCUT2D eigenvalue weighted by atomic mass is 79.9. The molecule has 1 aliphatic heterocycles. The van der Waals surface area contributed by atoms with Crippen molar-refractivity contribution in [1.82, 2.24) is 0 Å². The Morgan fingerprint density at radius 2 is 1.97 bits per heavy atom. The fourth-order valence-electron chi connectivity index (χ4n) is 3.86. The third-order valence-corrected chi connectivity index (χ3v) is 10.2. The molecule has 4 nitrogen and oxygen atoms in total. The Morgan fingerprint density at radius 1 is 1.23 bits per heavy atom. The highest BCUT2D eigenvalue weighted by Gasteiger charge is 2.35. The summed E-state index contributed by atoms with van der Waals surface area (Å²) in [7, 11) is -1.43. The third kappa shape index (κ3) is 4.28. The number of hydrogen-bond donors (Lipinski definition) is 1. The number of halogens is 1. The normalized spacial score (nSPS) is 20.3. The second kappa shape index (κ2) is 8.23. The first-order valence-electron chi connectivity index (χ1n) is 10.7. The summed E-state index contributed by atoms with van der Waals surface area (Å²) >= 11 is 3.63. The van der Waals surface area contributed by atoms with Crippen molar-refractivity contribution in [1.29, 1.82) is 0 Å². The molecule has 2 aromatic carbocycles. The van der Waals surface area contributed by atoms with Crippen LogP contribution in [0.1, 0.15) is 66.6 Å². The van der Waals surface area contributed by atoms with Crippen LogP contribution in [0, 0.1) is 0 Å². The van der Waals surface area contributed by atoms with Crippen LogP contribution in [0.5, 0.6) is 0 Å². The van der Waals surface area contributed by atoms with Crippen molar-refractivity contribution in [3.05, 3.63) is 63.1 Å². The molecule has 0 radical (unpaired) electrons. The van der Waals surface area contributed by atoms with Crippen LogP contribution >= 0.6 is 15.9 Å². The summed E-state index contributed by atoms with van der Waals surface area (Å²) < 4.78 is 7.18. The van der Waals surface area contributed by atoms with Crippen molar-refractivity contribution >= 4 is 36.6 Å². The molecule has 0 bridgehead atoms. The summed E-state index contributed by atoms with van der Waals surface area (Å²) in [5.41, 5.74) is 4.56. The Morgan fingerprint density at radius 3 is 2.63 bits per heavy atom. The molecule has 0 aromatic heterocycles. The van der Waals surface area contributed by atoms with Crippen molar-refractivity contribution < 1.29 is 14.3 Å². The minimum atomic E-state index is -1.43. The van der Waals surface area contributed by atoms with E-state index in [1.165, 1.54) is 23.3 Å². The molecule has 0 spiro atoms. The van der Waals surface area contributed by atoms with Gasteiger partial charge in [-0.1, -0.05) is 54.9 Å². The number of fused-ring (bicyclic) bond motifs is 1. The van der Waals surface area contributed by atoms with E-state index in [0.717, 1.165) is 15.6 Å². The molecular formula is C24H30BrNO3Si. The van der Waals surface area contributed by atoms with Crippen LogP contribution in [0.25, 0.3) is 0 Å². The molecule has 1 N–H and O–H groups in total. The van der Waals surface area contributed by atoms with Gasteiger partial charge in [-0.15, -0.1) is 0 Å². The maximum Gasteiger partial charge on any atom is 0.260 e. The van der Waals surface area contributed by atoms with Crippen molar-refractivity contribution in [3.8, 4) is 0 Å². The molecule has 30 heavy (non-hydrogen) atoms. The summed E-state index contributed by atoms with van der Waals surface area (Å²) in [5, 5.41) is 11.1. The van der Waals surface area contributed by atoms with Crippen LogP contribution in [0.3, 0.4) is 0 Å². The topological polar surface area (TPSA) is 49.8 Å². The van der Waals surface area contributed by atoms with Crippen molar-refractivity contribution in [2.45, 2.75) is 70.4 Å². The number of hydrogen-bond acceptors (Lipinski definition) is 3. The van der Waals surface area contributed by atoms with Crippen molar-refractivity contribution in [2.75, 3.05) is 4.90 Å². The average Bonchev–Trinajstić information content (AvgIpc) is 3.51. The quantitative estimate of drug-likeness (QED) is 0.564. The molecule has 2 atom stereocenters. The zero-order chi connectivity index (χ0) is 21.6. The van der Waals surface area contributed by atoms with E-state index in [2.05, 4.69) is 55.4 Å². The predicted molar refractivity (Wildman–Crippen MR) is 127 cm³/mol.